The second-order valence-corrected chi connectivity index (χ2v) is 12.9. The summed E-state index contributed by atoms with van der Waals surface area (Å²) in [7, 11) is 0. The maximum atomic E-state index is 15.2. The summed E-state index contributed by atoms with van der Waals surface area (Å²) in [5.74, 6) is -2.04. The Bertz CT molecular complexity index is 1480. The van der Waals surface area contributed by atoms with Gasteiger partial charge < -0.3 is 24.2 Å². The van der Waals surface area contributed by atoms with E-state index in [1.54, 1.807) is 6.20 Å². The molecule has 4 heterocycles. The maximum absolute atomic E-state index is 15.2. The highest BCUT2D eigenvalue weighted by molar-refractivity contribution is 5.92. The van der Waals surface area contributed by atoms with E-state index in [1.807, 2.05) is 10.8 Å². The Hall–Kier alpha value is -3.38. The fourth-order valence-electron chi connectivity index (χ4n) is 7.20. The van der Waals surface area contributed by atoms with Crippen LogP contribution in [0.5, 0.6) is 0 Å². The predicted octanol–water partition coefficient (Wildman–Crippen LogP) is 3.86. The molecule has 6 rings (SSSR count). The van der Waals surface area contributed by atoms with Gasteiger partial charge in [0.15, 0.2) is 0 Å². The molecule has 1 amide bonds. The summed E-state index contributed by atoms with van der Waals surface area (Å²) in [5, 5.41) is 12.5. The van der Waals surface area contributed by atoms with Gasteiger partial charge in [-0.3, -0.25) is 15.0 Å². The van der Waals surface area contributed by atoms with Crippen LogP contribution in [0.15, 0.2) is 48.8 Å². The smallest absolute Gasteiger partial charge is 0.231 e. The van der Waals surface area contributed by atoms with Crippen LogP contribution in [0.1, 0.15) is 42.4 Å². The number of carbonyl (C=O) groups excluding carboxylic acids is 1. The number of rotatable bonds is 9. The van der Waals surface area contributed by atoms with Gasteiger partial charge in [0.1, 0.15) is 11.6 Å². The number of imidazole rings is 1. The molecule has 0 unspecified atom stereocenters. The number of likely N-dealkylation sites (tertiary alicyclic amines) is 2. The third-order valence-electron chi connectivity index (χ3n) is 10.0. The highest BCUT2D eigenvalue weighted by atomic mass is 19.1. The van der Waals surface area contributed by atoms with Gasteiger partial charge >= 0.3 is 0 Å². The van der Waals surface area contributed by atoms with E-state index in [2.05, 4.69) is 57.0 Å². The number of aryl methyl sites for hydroxylation is 1. The summed E-state index contributed by atoms with van der Waals surface area (Å²) in [6.07, 6.45) is 5.30. The lowest BCUT2D eigenvalue weighted by Crippen LogP contribution is -2.53. The molecule has 9 nitrogen and oxygen atoms in total. The first-order valence-electron chi connectivity index (χ1n) is 16.0. The van der Waals surface area contributed by atoms with Crippen molar-refractivity contribution >= 4 is 17.5 Å². The molecule has 0 radical (unpaired) electrons. The Morgan fingerprint density at radius 3 is 2.60 bits per heavy atom. The van der Waals surface area contributed by atoms with Gasteiger partial charge in [0.2, 0.25) is 11.9 Å². The fourth-order valence-corrected chi connectivity index (χ4v) is 7.20. The largest absolute Gasteiger partial charge is 0.395 e. The Kier molecular flexibility index (Phi) is 9.51. The number of nitrogens with one attached hydrogen (secondary N) is 1. The normalized spacial score (nSPS) is 22.6. The van der Waals surface area contributed by atoms with Gasteiger partial charge in [-0.1, -0.05) is 18.2 Å². The van der Waals surface area contributed by atoms with Crippen molar-refractivity contribution in [3.63, 3.8) is 0 Å². The second kappa shape index (κ2) is 13.5. The molecule has 2 aromatic carbocycles. The van der Waals surface area contributed by atoms with Crippen LogP contribution < -0.4 is 10.2 Å². The predicted molar refractivity (Wildman–Crippen MR) is 169 cm³/mol. The first-order valence-corrected chi connectivity index (χ1v) is 16.0. The Balaban J connectivity index is 1.22. The lowest BCUT2D eigenvalue weighted by atomic mass is 9.87. The number of aromatic nitrogens is 2. The van der Waals surface area contributed by atoms with Gasteiger partial charge in [-0.2, -0.15) is 0 Å². The minimum Gasteiger partial charge on any atom is -0.395 e. The number of β-amino-alcohol motifs (C(OH)–C–C–N with tert-alkyl or cyclic N) is 1. The minimum absolute atomic E-state index is 0.128. The highest BCUT2D eigenvalue weighted by Gasteiger charge is 2.47. The minimum atomic E-state index is -0.634. The summed E-state index contributed by atoms with van der Waals surface area (Å²) < 4.78 is 36.6. The number of carbonyl (C=O) groups is 1. The van der Waals surface area contributed by atoms with Gasteiger partial charge in [0.05, 0.1) is 32.3 Å². The van der Waals surface area contributed by atoms with Crippen LogP contribution in [-0.2, 0) is 16.1 Å². The van der Waals surface area contributed by atoms with Crippen LogP contribution in [0.2, 0.25) is 0 Å². The Morgan fingerprint density at radius 2 is 1.87 bits per heavy atom. The summed E-state index contributed by atoms with van der Waals surface area (Å²) in [5.41, 5.74) is 3.64. The molecule has 0 bridgehead atoms. The van der Waals surface area contributed by atoms with Crippen molar-refractivity contribution in [2.75, 3.05) is 75.9 Å². The van der Waals surface area contributed by atoms with Crippen molar-refractivity contribution < 1.29 is 23.4 Å². The maximum Gasteiger partial charge on any atom is 0.231 e. The van der Waals surface area contributed by atoms with Crippen LogP contribution in [-0.4, -0.2) is 102 Å². The first-order chi connectivity index (χ1) is 21.7. The number of amides is 1. The number of halogens is 2. The van der Waals surface area contributed by atoms with Gasteiger partial charge in [-0.25, -0.2) is 13.8 Å². The molecule has 11 heteroatoms. The lowest BCUT2D eigenvalue weighted by molar-refractivity contribution is -0.120. The number of morpholine rings is 1. The highest BCUT2D eigenvalue weighted by Crippen LogP contribution is 2.41. The molecule has 45 heavy (non-hydrogen) atoms. The number of hydrogen-bond acceptors (Lipinski definition) is 7. The fraction of sp³-hybridized carbons (Fsp3) is 0.529. The average Bonchev–Trinajstić information content (AvgIpc) is 3.68. The molecule has 3 fully saturated rings. The number of aliphatic hydroxyl groups is 1. The average molecular weight is 623 g/mol. The van der Waals surface area contributed by atoms with E-state index in [1.165, 1.54) is 17.7 Å². The quantitative estimate of drug-likeness (QED) is 0.375. The van der Waals surface area contributed by atoms with Crippen molar-refractivity contribution in [2.24, 2.45) is 5.92 Å². The number of hydrogen-bond donors (Lipinski definition) is 2. The van der Waals surface area contributed by atoms with Crippen molar-refractivity contribution in [3.8, 4) is 0 Å². The second-order valence-electron chi connectivity index (χ2n) is 12.9. The SMILES string of the molecule is Cc1ccc(Cn2ccnc2NC(=O)[C@@H]2CN(C3(C)CCN(CCO)CC3)C[C@H]2c2ccc(F)cc2F)c(N2CCOCC2)c1. The van der Waals surface area contributed by atoms with Crippen LogP contribution in [0.3, 0.4) is 0 Å². The molecule has 0 saturated carbocycles. The summed E-state index contributed by atoms with van der Waals surface area (Å²) in [6.45, 7) is 11.3. The number of aliphatic hydroxyl groups excluding tert-OH is 1. The van der Waals surface area contributed by atoms with E-state index in [-0.39, 0.29) is 18.1 Å². The molecular formula is C34H44F2N6O3. The first kappa shape index (κ1) is 31.6. The zero-order valence-corrected chi connectivity index (χ0v) is 26.2. The van der Waals surface area contributed by atoms with E-state index in [9.17, 15) is 14.3 Å². The molecule has 242 valence electrons. The van der Waals surface area contributed by atoms with Crippen molar-refractivity contribution in [1.29, 1.82) is 0 Å². The lowest BCUT2D eigenvalue weighted by Gasteiger charge is -2.45. The molecule has 2 atom stereocenters. The topological polar surface area (TPSA) is 86.1 Å². The van der Waals surface area contributed by atoms with Crippen LogP contribution in [0, 0.1) is 24.5 Å². The molecule has 1 aromatic heterocycles. The number of benzene rings is 2. The van der Waals surface area contributed by atoms with Gasteiger partial charge in [0.25, 0.3) is 0 Å². The molecule has 0 spiro atoms. The number of nitrogens with zero attached hydrogens (tertiary/aromatic N) is 5. The zero-order chi connectivity index (χ0) is 31.6. The third kappa shape index (κ3) is 6.91. The molecule has 3 aromatic rings. The van der Waals surface area contributed by atoms with Gasteiger partial charge in [0, 0.05) is 68.3 Å². The molecule has 0 aliphatic carbocycles. The van der Waals surface area contributed by atoms with E-state index in [0.29, 0.717) is 50.9 Å². The standard InChI is InChI=1S/C34H44F2N6O3/c1-24-3-4-25(31(19-24)40-14-17-45-18-15-40)21-41-12-9-37-33(41)38-32(44)29-23-42(34(2)7-10-39(11-8-34)13-16-43)22-28(29)27-6-5-26(35)20-30(27)36/h3-6,9,12,19-20,28-29,43H,7-8,10-11,13-18,21-23H2,1-2H3,(H,37,38,44)/t28-,29+/m0/s1. The summed E-state index contributed by atoms with van der Waals surface area (Å²) in [4.78, 5) is 25.5. The van der Waals surface area contributed by atoms with E-state index in [4.69, 9.17) is 4.74 Å². The molecule has 3 aliphatic rings. The number of anilines is 2. The van der Waals surface area contributed by atoms with Crippen LogP contribution in [0.25, 0.3) is 0 Å². The van der Waals surface area contributed by atoms with E-state index in [0.717, 1.165) is 56.3 Å². The Labute approximate surface area is 263 Å². The van der Waals surface area contributed by atoms with Gasteiger partial charge in [-0.15, -0.1) is 0 Å². The molecular weight excluding hydrogens is 578 g/mol. The van der Waals surface area contributed by atoms with Crippen LogP contribution >= 0.6 is 0 Å². The third-order valence-corrected chi connectivity index (χ3v) is 10.0. The molecule has 3 aliphatic heterocycles. The van der Waals surface area contributed by atoms with Crippen molar-refractivity contribution in [3.05, 3.63) is 77.1 Å². The van der Waals surface area contributed by atoms with E-state index >= 15 is 4.39 Å². The Morgan fingerprint density at radius 1 is 1.09 bits per heavy atom. The summed E-state index contributed by atoms with van der Waals surface area (Å²) >= 11 is 0. The van der Waals surface area contributed by atoms with E-state index < -0.39 is 23.5 Å². The van der Waals surface area contributed by atoms with Crippen LogP contribution in [0.4, 0.5) is 20.4 Å². The summed E-state index contributed by atoms with van der Waals surface area (Å²) in [6, 6.07) is 10.1. The monoisotopic (exact) mass is 622 g/mol. The zero-order valence-electron chi connectivity index (χ0n) is 26.2. The van der Waals surface area contributed by atoms with Crippen molar-refractivity contribution in [2.45, 2.75) is 44.7 Å². The number of piperidine rings is 1. The van der Waals surface area contributed by atoms with Crippen molar-refractivity contribution in [1.82, 2.24) is 19.4 Å². The number of ether oxygens (including phenoxy) is 1. The molecule has 2 N–H and O–H groups in total. The van der Waals surface area contributed by atoms with Gasteiger partial charge in [-0.05, 0) is 68.6 Å². The molecule has 3 saturated heterocycles.